The maximum absolute atomic E-state index is 12.7. The smallest absolute Gasteiger partial charge is 0.270 e. The summed E-state index contributed by atoms with van der Waals surface area (Å²) in [5, 5.41) is 14.9. The Balaban J connectivity index is 2.35. The van der Waals surface area contributed by atoms with Crippen LogP contribution in [0.15, 0.2) is 29.1 Å². The normalized spacial score (nSPS) is 12.6. The lowest BCUT2D eigenvalue weighted by molar-refractivity contribution is -0.115. The van der Waals surface area contributed by atoms with Gasteiger partial charge in [0.25, 0.3) is 21.6 Å². The predicted molar refractivity (Wildman–Crippen MR) is 123 cm³/mol. The Morgan fingerprint density at radius 2 is 2.16 bits per heavy atom. The molecule has 0 aliphatic carbocycles. The van der Waals surface area contributed by atoms with Gasteiger partial charge >= 0.3 is 0 Å². The molecule has 168 valence electrons. The zero-order chi connectivity index (χ0) is 23.7. The molecule has 0 atom stereocenters. The molecule has 0 saturated heterocycles. The molecule has 2 aromatic rings. The average Bonchev–Trinajstić information content (AvgIpc) is 3.05. The molecule has 0 unspecified atom stereocenters. The minimum absolute atomic E-state index is 0.0238. The van der Waals surface area contributed by atoms with Crippen LogP contribution in [0, 0.1) is 23.7 Å². The van der Waals surface area contributed by atoms with Crippen LogP contribution >= 0.6 is 11.3 Å². The van der Waals surface area contributed by atoms with E-state index < -0.39 is 16.0 Å². The Morgan fingerprint density at radius 1 is 1.41 bits per heavy atom. The molecule has 1 aromatic heterocycles. The highest BCUT2D eigenvalue weighted by molar-refractivity contribution is 7.85. The van der Waals surface area contributed by atoms with Crippen molar-refractivity contribution in [3.63, 3.8) is 0 Å². The first-order valence-electron chi connectivity index (χ1n) is 9.46. The van der Waals surface area contributed by atoms with E-state index in [1.165, 1.54) is 10.8 Å². The van der Waals surface area contributed by atoms with Crippen molar-refractivity contribution in [3.8, 4) is 18.4 Å². The number of carbonyl (C=O) groups is 1. The van der Waals surface area contributed by atoms with Gasteiger partial charge in [0.1, 0.15) is 15.3 Å². The second kappa shape index (κ2) is 11.3. The van der Waals surface area contributed by atoms with Crippen LogP contribution in [-0.4, -0.2) is 38.3 Å². The summed E-state index contributed by atoms with van der Waals surface area (Å²) in [6.45, 7) is 2.01. The Hall–Kier alpha value is -3.38. The second-order valence-corrected chi connectivity index (χ2v) is 9.13. The van der Waals surface area contributed by atoms with Crippen LogP contribution in [0.5, 0.6) is 0 Å². The Labute approximate surface area is 189 Å². The van der Waals surface area contributed by atoms with Gasteiger partial charge in [-0.25, -0.2) is 0 Å². The maximum atomic E-state index is 12.7. The zero-order valence-corrected chi connectivity index (χ0v) is 19.2. The molecule has 0 spiro atoms. The molecule has 9 nitrogen and oxygen atoms in total. The molecule has 0 fully saturated rings. The number of anilines is 1. The maximum Gasteiger partial charge on any atom is 0.270 e. The highest BCUT2D eigenvalue weighted by Gasteiger charge is 2.14. The number of hydrogen-bond donors (Lipinski definition) is 2. The fourth-order valence-electron chi connectivity index (χ4n) is 2.68. The van der Waals surface area contributed by atoms with E-state index in [4.69, 9.17) is 10.6 Å². The number of nitriles is 1. The van der Waals surface area contributed by atoms with Gasteiger partial charge in [-0.3, -0.25) is 18.3 Å². The van der Waals surface area contributed by atoms with Crippen molar-refractivity contribution in [2.75, 3.05) is 24.7 Å². The summed E-state index contributed by atoms with van der Waals surface area (Å²) in [5.74, 6) is 1.62. The number of benzene rings is 1. The first-order chi connectivity index (χ1) is 15.2. The van der Waals surface area contributed by atoms with Gasteiger partial charge < -0.3 is 10.6 Å². The fraction of sp³-hybridized carbons (Fsp3) is 0.286. The minimum Gasteiger partial charge on any atom is -0.360 e. The van der Waals surface area contributed by atoms with Crippen molar-refractivity contribution in [1.29, 1.82) is 5.26 Å². The second-order valence-electron chi connectivity index (χ2n) is 6.46. The van der Waals surface area contributed by atoms with Gasteiger partial charge in [0.15, 0.2) is 5.57 Å². The van der Waals surface area contributed by atoms with Gasteiger partial charge in [0.2, 0.25) is 0 Å². The molecule has 2 rings (SSSR count). The van der Waals surface area contributed by atoms with Crippen LogP contribution in [0.4, 0.5) is 5.69 Å². The van der Waals surface area contributed by atoms with Gasteiger partial charge in [-0.2, -0.15) is 13.7 Å². The minimum atomic E-state index is -3.50. The monoisotopic (exact) mass is 474 g/mol. The number of nitrogens with zero attached hydrogens (tertiary/aromatic N) is 2. The summed E-state index contributed by atoms with van der Waals surface area (Å²) in [4.78, 5) is 25.0. The summed E-state index contributed by atoms with van der Waals surface area (Å²) in [5.41, 5.74) is 0.998. The zero-order valence-electron chi connectivity index (χ0n) is 17.5. The quantitative estimate of drug-likeness (QED) is 0.378. The Bertz CT molecular complexity index is 1360. The van der Waals surface area contributed by atoms with Gasteiger partial charge in [-0.15, -0.1) is 17.8 Å². The SMILES string of the molecule is C#CCNC(=O)/C(C#N)=c1\s/c(=C/Nc2cccc(CCOS(C)(=O)=O)c2)c(=O)n1CC. The molecule has 0 radical (unpaired) electrons. The third-order valence-corrected chi connectivity index (χ3v) is 5.84. The van der Waals surface area contributed by atoms with Crippen molar-refractivity contribution in [3.05, 3.63) is 49.4 Å². The number of nitrogens with one attached hydrogen (secondary N) is 2. The molecule has 0 bridgehead atoms. The third kappa shape index (κ3) is 6.82. The highest BCUT2D eigenvalue weighted by Crippen LogP contribution is 2.11. The van der Waals surface area contributed by atoms with Crippen LogP contribution in [0.25, 0.3) is 11.8 Å². The summed E-state index contributed by atoms with van der Waals surface area (Å²) in [6.07, 6.45) is 8.02. The first kappa shape index (κ1) is 24.9. The first-order valence-corrected chi connectivity index (χ1v) is 12.1. The van der Waals surface area contributed by atoms with Gasteiger partial charge in [-0.1, -0.05) is 18.1 Å². The largest absolute Gasteiger partial charge is 0.360 e. The van der Waals surface area contributed by atoms with E-state index in [0.29, 0.717) is 16.6 Å². The van der Waals surface area contributed by atoms with E-state index >= 15 is 0 Å². The lowest BCUT2D eigenvalue weighted by Gasteiger charge is -2.05. The Kier molecular flexibility index (Phi) is 8.79. The molecule has 0 aliphatic heterocycles. The number of rotatable bonds is 9. The van der Waals surface area contributed by atoms with Crippen LogP contribution in [0.2, 0.25) is 0 Å². The topological polar surface area (TPSA) is 130 Å². The highest BCUT2D eigenvalue weighted by atomic mass is 32.2. The van der Waals surface area contributed by atoms with E-state index in [9.17, 15) is 23.3 Å². The predicted octanol–water partition coefficient (Wildman–Crippen LogP) is -0.278. The average molecular weight is 475 g/mol. The van der Waals surface area contributed by atoms with E-state index in [1.54, 1.807) is 25.1 Å². The lowest BCUT2D eigenvalue weighted by atomic mass is 10.1. The van der Waals surface area contributed by atoms with Gasteiger partial charge in [0, 0.05) is 18.4 Å². The lowest BCUT2D eigenvalue weighted by Crippen LogP contribution is -2.34. The van der Waals surface area contributed by atoms with Gasteiger partial charge in [0.05, 0.1) is 19.4 Å². The number of hydrogen-bond acceptors (Lipinski definition) is 8. The number of aromatic nitrogens is 1. The van der Waals surface area contributed by atoms with E-state index in [0.717, 1.165) is 23.2 Å². The number of carbonyl (C=O) groups excluding carboxylic acids is 1. The number of amides is 1. The van der Waals surface area contributed by atoms with Crippen LogP contribution in [0.3, 0.4) is 0 Å². The summed E-state index contributed by atoms with van der Waals surface area (Å²) >= 11 is 1.02. The van der Waals surface area contributed by atoms with Crippen LogP contribution < -0.4 is 25.4 Å². The van der Waals surface area contributed by atoms with Crippen molar-refractivity contribution in [2.45, 2.75) is 19.9 Å². The molecule has 32 heavy (non-hydrogen) atoms. The number of thiazole rings is 1. The fourth-order valence-corrected chi connectivity index (χ4v) is 4.16. The van der Waals surface area contributed by atoms with E-state index in [2.05, 4.69) is 16.6 Å². The molecule has 1 heterocycles. The summed E-state index contributed by atoms with van der Waals surface area (Å²) < 4.78 is 28.8. The third-order valence-electron chi connectivity index (χ3n) is 4.11. The van der Waals surface area contributed by atoms with Crippen molar-refractivity contribution in [1.82, 2.24) is 9.88 Å². The molecule has 0 saturated carbocycles. The molecular weight excluding hydrogens is 452 g/mol. The van der Waals surface area contributed by atoms with Crippen molar-refractivity contribution in [2.24, 2.45) is 0 Å². The van der Waals surface area contributed by atoms with Crippen LogP contribution in [-0.2, 0) is 32.1 Å². The summed E-state index contributed by atoms with van der Waals surface area (Å²) in [6, 6.07) is 9.05. The van der Waals surface area contributed by atoms with Crippen LogP contribution in [0.1, 0.15) is 12.5 Å². The molecule has 11 heteroatoms. The standard InChI is InChI=1S/C21H22N4O5S2/c1-4-10-23-19(26)17(13-22)21-25(5-2)20(27)18(31-21)14-24-16-8-6-7-15(12-16)9-11-30-32(3,28)29/h1,6-8,12,14,24H,5,9-11H2,2-3H3,(H,23,26)/b18-14+,21-17-. The molecule has 2 N–H and O–H groups in total. The van der Waals surface area contributed by atoms with E-state index in [1.807, 2.05) is 12.1 Å². The van der Waals surface area contributed by atoms with Crippen molar-refractivity contribution >= 4 is 44.8 Å². The molecule has 1 amide bonds. The van der Waals surface area contributed by atoms with Gasteiger partial charge in [-0.05, 0) is 31.0 Å². The number of terminal acetylenes is 1. The van der Waals surface area contributed by atoms with Crippen molar-refractivity contribution < 1.29 is 17.4 Å². The molecular formula is C21H22N4O5S2. The summed E-state index contributed by atoms with van der Waals surface area (Å²) in [7, 11) is -3.50. The molecule has 1 aromatic carbocycles. The molecule has 0 aliphatic rings. The van der Waals surface area contributed by atoms with E-state index in [-0.39, 0.29) is 35.5 Å². The Morgan fingerprint density at radius 3 is 2.78 bits per heavy atom.